The number of nitrogens with zero attached hydrogens (tertiary/aromatic N) is 2. The SMILES string of the molecule is O=C(C=Cc1ccc2c(c1)CCO2)N1CCN(CCc2ccccc2)CC1. The molecule has 140 valence electrons. The van der Waals surface area contributed by atoms with Crippen molar-refractivity contribution >= 4 is 12.0 Å². The van der Waals surface area contributed by atoms with Gasteiger partial charge in [0.15, 0.2) is 0 Å². The van der Waals surface area contributed by atoms with Crippen molar-refractivity contribution in [2.24, 2.45) is 0 Å². The second-order valence-electron chi connectivity index (χ2n) is 7.20. The molecule has 0 unspecified atom stereocenters. The Bertz CT molecular complexity index is 808. The zero-order chi connectivity index (χ0) is 18.5. The van der Waals surface area contributed by atoms with Gasteiger partial charge in [0.05, 0.1) is 6.61 Å². The van der Waals surface area contributed by atoms with E-state index in [1.165, 1.54) is 11.1 Å². The predicted molar refractivity (Wildman–Crippen MR) is 108 cm³/mol. The van der Waals surface area contributed by atoms with Gasteiger partial charge in [-0.25, -0.2) is 0 Å². The molecule has 1 fully saturated rings. The Morgan fingerprint density at radius 1 is 1.04 bits per heavy atom. The van der Waals surface area contributed by atoms with Crippen LogP contribution in [0, 0.1) is 0 Å². The average Bonchev–Trinajstić information content (AvgIpc) is 3.19. The first-order valence-corrected chi connectivity index (χ1v) is 9.77. The van der Waals surface area contributed by atoms with Crippen LogP contribution < -0.4 is 4.74 Å². The third-order valence-electron chi connectivity index (χ3n) is 5.38. The number of rotatable bonds is 5. The molecule has 0 N–H and O–H groups in total. The number of hydrogen-bond acceptors (Lipinski definition) is 3. The molecule has 2 aliphatic rings. The van der Waals surface area contributed by atoms with Gasteiger partial charge in [0, 0.05) is 45.2 Å². The Labute approximate surface area is 161 Å². The summed E-state index contributed by atoms with van der Waals surface area (Å²) in [4.78, 5) is 16.9. The summed E-state index contributed by atoms with van der Waals surface area (Å²) in [5, 5.41) is 0. The van der Waals surface area contributed by atoms with Gasteiger partial charge < -0.3 is 9.64 Å². The quantitative estimate of drug-likeness (QED) is 0.767. The van der Waals surface area contributed by atoms with Crippen LogP contribution in [0.1, 0.15) is 16.7 Å². The molecule has 4 heteroatoms. The number of carbonyl (C=O) groups is 1. The Kier molecular flexibility index (Phi) is 5.54. The summed E-state index contributed by atoms with van der Waals surface area (Å²) < 4.78 is 5.53. The molecule has 2 heterocycles. The lowest BCUT2D eigenvalue weighted by molar-refractivity contribution is -0.127. The molecule has 2 aromatic carbocycles. The maximum absolute atomic E-state index is 12.5. The van der Waals surface area contributed by atoms with Crippen LogP contribution in [-0.4, -0.2) is 55.0 Å². The van der Waals surface area contributed by atoms with Crippen LogP contribution in [0.4, 0.5) is 0 Å². The lowest BCUT2D eigenvalue weighted by atomic mass is 10.1. The lowest BCUT2D eigenvalue weighted by Crippen LogP contribution is -2.48. The number of fused-ring (bicyclic) bond motifs is 1. The van der Waals surface area contributed by atoms with Crippen molar-refractivity contribution < 1.29 is 9.53 Å². The smallest absolute Gasteiger partial charge is 0.246 e. The van der Waals surface area contributed by atoms with Crippen molar-refractivity contribution in [3.05, 3.63) is 71.3 Å². The first-order valence-electron chi connectivity index (χ1n) is 9.77. The van der Waals surface area contributed by atoms with Crippen molar-refractivity contribution in [2.75, 3.05) is 39.3 Å². The first kappa shape index (κ1) is 17.8. The highest BCUT2D eigenvalue weighted by atomic mass is 16.5. The van der Waals surface area contributed by atoms with Gasteiger partial charge >= 0.3 is 0 Å². The Morgan fingerprint density at radius 2 is 1.85 bits per heavy atom. The van der Waals surface area contributed by atoms with Crippen LogP contribution in [0.3, 0.4) is 0 Å². The zero-order valence-electron chi connectivity index (χ0n) is 15.6. The molecule has 2 aliphatic heterocycles. The van der Waals surface area contributed by atoms with Gasteiger partial charge in [0.1, 0.15) is 5.75 Å². The normalized spacial score (nSPS) is 17.1. The summed E-state index contributed by atoms with van der Waals surface area (Å²) in [6.07, 6.45) is 5.65. The van der Waals surface area contributed by atoms with E-state index in [0.717, 1.165) is 63.5 Å². The molecule has 0 spiro atoms. The van der Waals surface area contributed by atoms with Gasteiger partial charge in [-0.15, -0.1) is 0 Å². The summed E-state index contributed by atoms with van der Waals surface area (Å²) >= 11 is 0. The molecular formula is C23H26N2O2. The molecular weight excluding hydrogens is 336 g/mol. The number of carbonyl (C=O) groups excluding carboxylic acids is 1. The number of ether oxygens (including phenoxy) is 1. The fourth-order valence-electron chi connectivity index (χ4n) is 3.71. The summed E-state index contributed by atoms with van der Waals surface area (Å²) in [7, 11) is 0. The second-order valence-corrected chi connectivity index (χ2v) is 7.20. The van der Waals surface area contributed by atoms with Crippen molar-refractivity contribution in [1.29, 1.82) is 0 Å². The van der Waals surface area contributed by atoms with E-state index in [2.05, 4.69) is 41.3 Å². The van der Waals surface area contributed by atoms with Crippen LogP contribution in [0.2, 0.25) is 0 Å². The van der Waals surface area contributed by atoms with Crippen LogP contribution in [0.15, 0.2) is 54.6 Å². The van der Waals surface area contributed by atoms with Crippen molar-refractivity contribution in [2.45, 2.75) is 12.8 Å². The molecule has 2 aromatic rings. The number of piperazine rings is 1. The number of amides is 1. The van der Waals surface area contributed by atoms with Crippen LogP contribution in [0.25, 0.3) is 6.08 Å². The fraction of sp³-hybridized carbons (Fsp3) is 0.348. The van der Waals surface area contributed by atoms with E-state index in [1.54, 1.807) is 6.08 Å². The standard InChI is InChI=1S/C23H26N2O2/c26-23(9-7-20-6-8-22-21(18-20)11-17-27-22)25-15-13-24(14-16-25)12-10-19-4-2-1-3-5-19/h1-9,18H,10-17H2. The maximum Gasteiger partial charge on any atom is 0.246 e. The molecule has 0 radical (unpaired) electrons. The third-order valence-corrected chi connectivity index (χ3v) is 5.38. The fourth-order valence-corrected chi connectivity index (χ4v) is 3.71. The summed E-state index contributed by atoms with van der Waals surface area (Å²) in [6.45, 7) is 5.31. The van der Waals surface area contributed by atoms with Gasteiger partial charge in [-0.1, -0.05) is 36.4 Å². The van der Waals surface area contributed by atoms with E-state index < -0.39 is 0 Å². The Morgan fingerprint density at radius 3 is 2.67 bits per heavy atom. The molecule has 4 nitrogen and oxygen atoms in total. The minimum absolute atomic E-state index is 0.106. The van der Waals surface area contributed by atoms with Crippen molar-refractivity contribution in [1.82, 2.24) is 9.80 Å². The highest BCUT2D eigenvalue weighted by Crippen LogP contribution is 2.26. The number of benzene rings is 2. The Hall–Kier alpha value is -2.59. The van der Waals surface area contributed by atoms with E-state index in [4.69, 9.17) is 4.74 Å². The summed E-state index contributed by atoms with van der Waals surface area (Å²) in [5.41, 5.74) is 3.67. The summed E-state index contributed by atoms with van der Waals surface area (Å²) in [6, 6.07) is 16.7. The van der Waals surface area contributed by atoms with Gasteiger partial charge in [-0.05, 0) is 41.3 Å². The molecule has 1 amide bonds. The lowest BCUT2D eigenvalue weighted by Gasteiger charge is -2.34. The van der Waals surface area contributed by atoms with Gasteiger partial charge in [-0.3, -0.25) is 9.69 Å². The molecule has 0 atom stereocenters. The average molecular weight is 362 g/mol. The molecule has 0 aromatic heterocycles. The largest absolute Gasteiger partial charge is 0.493 e. The molecule has 0 saturated carbocycles. The molecule has 27 heavy (non-hydrogen) atoms. The van der Waals surface area contributed by atoms with E-state index in [0.29, 0.717) is 0 Å². The van der Waals surface area contributed by atoms with Crippen LogP contribution >= 0.6 is 0 Å². The minimum atomic E-state index is 0.106. The van der Waals surface area contributed by atoms with Crippen LogP contribution in [-0.2, 0) is 17.6 Å². The van der Waals surface area contributed by atoms with Gasteiger partial charge in [0.2, 0.25) is 5.91 Å². The highest BCUT2D eigenvalue weighted by molar-refractivity contribution is 5.91. The zero-order valence-corrected chi connectivity index (χ0v) is 15.6. The second kappa shape index (κ2) is 8.40. The van der Waals surface area contributed by atoms with Crippen molar-refractivity contribution in [3.63, 3.8) is 0 Å². The topological polar surface area (TPSA) is 32.8 Å². The van der Waals surface area contributed by atoms with Crippen molar-refractivity contribution in [3.8, 4) is 5.75 Å². The molecule has 4 rings (SSSR count). The van der Waals surface area contributed by atoms with E-state index >= 15 is 0 Å². The van der Waals surface area contributed by atoms with E-state index in [-0.39, 0.29) is 5.91 Å². The highest BCUT2D eigenvalue weighted by Gasteiger charge is 2.19. The van der Waals surface area contributed by atoms with E-state index in [1.807, 2.05) is 23.1 Å². The predicted octanol–water partition coefficient (Wildman–Crippen LogP) is 3.02. The monoisotopic (exact) mass is 362 g/mol. The van der Waals surface area contributed by atoms with E-state index in [9.17, 15) is 4.79 Å². The third kappa shape index (κ3) is 4.58. The number of hydrogen-bond donors (Lipinski definition) is 0. The molecule has 1 saturated heterocycles. The van der Waals surface area contributed by atoms with Gasteiger partial charge in [-0.2, -0.15) is 0 Å². The first-order chi connectivity index (χ1) is 13.3. The maximum atomic E-state index is 12.5. The molecule has 0 bridgehead atoms. The minimum Gasteiger partial charge on any atom is -0.493 e. The van der Waals surface area contributed by atoms with Crippen LogP contribution in [0.5, 0.6) is 5.75 Å². The summed E-state index contributed by atoms with van der Waals surface area (Å²) in [5.74, 6) is 1.08. The van der Waals surface area contributed by atoms with Gasteiger partial charge in [0.25, 0.3) is 0 Å². The Balaban J connectivity index is 1.25. The molecule has 0 aliphatic carbocycles.